The van der Waals surface area contributed by atoms with Crippen LogP contribution in [0, 0.1) is 5.92 Å². The molecule has 2 N–H and O–H groups in total. The van der Waals surface area contributed by atoms with Gasteiger partial charge in [-0.3, -0.25) is 0 Å². The Balaban J connectivity index is 1.97. The van der Waals surface area contributed by atoms with Gasteiger partial charge in [-0.15, -0.1) is 0 Å². The first-order valence-corrected chi connectivity index (χ1v) is 8.46. The van der Waals surface area contributed by atoms with E-state index in [1.807, 2.05) is 0 Å². The number of hydrogen-bond donors (Lipinski definition) is 1. The van der Waals surface area contributed by atoms with E-state index in [4.69, 9.17) is 10.5 Å². The molecular formula is C12H25N3O3S. The second-order valence-corrected chi connectivity index (χ2v) is 7.43. The fourth-order valence-electron chi connectivity index (χ4n) is 2.79. The Hall–Kier alpha value is -0.210. The molecule has 0 spiro atoms. The van der Waals surface area contributed by atoms with Crippen LogP contribution in [0.15, 0.2) is 0 Å². The summed E-state index contributed by atoms with van der Waals surface area (Å²) in [4.78, 5) is 0. The number of nitrogens with zero attached hydrogens (tertiary/aromatic N) is 2. The van der Waals surface area contributed by atoms with Crippen molar-refractivity contribution in [3.05, 3.63) is 0 Å². The minimum Gasteiger partial charge on any atom is -0.381 e. The molecule has 0 aromatic heterocycles. The lowest BCUT2D eigenvalue weighted by Gasteiger charge is -2.37. The van der Waals surface area contributed by atoms with E-state index in [2.05, 4.69) is 0 Å². The summed E-state index contributed by atoms with van der Waals surface area (Å²) in [5.74, 6) is 0.472. The molecule has 6 nitrogen and oxygen atoms in total. The second-order valence-electron chi connectivity index (χ2n) is 5.45. The molecule has 2 heterocycles. The number of rotatable bonds is 4. The van der Waals surface area contributed by atoms with Gasteiger partial charge < -0.3 is 10.5 Å². The van der Waals surface area contributed by atoms with Crippen molar-refractivity contribution in [3.8, 4) is 0 Å². The Morgan fingerprint density at radius 2 is 1.79 bits per heavy atom. The fraction of sp³-hybridized carbons (Fsp3) is 1.00. The van der Waals surface area contributed by atoms with Crippen molar-refractivity contribution in [3.63, 3.8) is 0 Å². The number of piperidine rings is 1. The minimum absolute atomic E-state index is 0.0750. The molecule has 2 saturated heterocycles. The van der Waals surface area contributed by atoms with E-state index in [-0.39, 0.29) is 6.04 Å². The Morgan fingerprint density at radius 3 is 2.32 bits per heavy atom. The van der Waals surface area contributed by atoms with Crippen LogP contribution in [-0.2, 0) is 14.9 Å². The summed E-state index contributed by atoms with van der Waals surface area (Å²) >= 11 is 0. The van der Waals surface area contributed by atoms with Gasteiger partial charge in [0.2, 0.25) is 0 Å². The van der Waals surface area contributed by atoms with Crippen LogP contribution in [0.5, 0.6) is 0 Å². The van der Waals surface area contributed by atoms with E-state index in [1.165, 1.54) is 4.31 Å². The average molecular weight is 291 g/mol. The molecule has 0 aliphatic carbocycles. The number of ether oxygens (including phenoxy) is 1. The van der Waals surface area contributed by atoms with Gasteiger partial charge in [0.05, 0.1) is 0 Å². The minimum atomic E-state index is -3.32. The quantitative estimate of drug-likeness (QED) is 0.792. The third-order valence-electron chi connectivity index (χ3n) is 4.30. The standard InChI is InChI=1S/C12H25N3O3S/c1-14(12-4-8-18-9-5-12)19(16,17)15-6-2-11(10-13)3-7-15/h11-12H,2-10,13H2,1H3. The molecule has 2 rings (SSSR count). The second kappa shape index (κ2) is 6.49. The molecule has 0 unspecified atom stereocenters. The molecule has 0 amide bonds. The first kappa shape index (κ1) is 15.2. The summed E-state index contributed by atoms with van der Waals surface area (Å²) in [7, 11) is -1.63. The molecule has 0 aromatic carbocycles. The Labute approximate surface area is 116 Å². The molecule has 0 bridgehead atoms. The van der Waals surface area contributed by atoms with Crippen LogP contribution in [0.4, 0.5) is 0 Å². The van der Waals surface area contributed by atoms with E-state index in [9.17, 15) is 8.42 Å². The van der Waals surface area contributed by atoms with E-state index in [1.54, 1.807) is 11.4 Å². The van der Waals surface area contributed by atoms with Crippen molar-refractivity contribution in [2.45, 2.75) is 31.7 Å². The summed E-state index contributed by atoms with van der Waals surface area (Å²) in [6.07, 6.45) is 3.32. The zero-order valence-corrected chi connectivity index (χ0v) is 12.4. The van der Waals surface area contributed by atoms with Crippen molar-refractivity contribution in [2.24, 2.45) is 11.7 Å². The summed E-state index contributed by atoms with van der Waals surface area (Å²) in [5, 5.41) is 0. The first-order chi connectivity index (χ1) is 9.05. The first-order valence-electron chi connectivity index (χ1n) is 7.06. The van der Waals surface area contributed by atoms with Gasteiger partial charge in [-0.05, 0) is 38.1 Å². The lowest BCUT2D eigenvalue weighted by molar-refractivity contribution is 0.0614. The van der Waals surface area contributed by atoms with Crippen LogP contribution >= 0.6 is 0 Å². The fourth-order valence-corrected chi connectivity index (χ4v) is 4.42. The van der Waals surface area contributed by atoms with Crippen molar-refractivity contribution >= 4 is 10.2 Å². The lowest BCUT2D eigenvalue weighted by atomic mass is 9.99. The third-order valence-corrected chi connectivity index (χ3v) is 6.35. The van der Waals surface area contributed by atoms with Gasteiger partial charge in [0.25, 0.3) is 10.2 Å². The Bertz CT molecular complexity index is 374. The van der Waals surface area contributed by atoms with E-state index >= 15 is 0 Å². The van der Waals surface area contributed by atoms with Gasteiger partial charge in [-0.2, -0.15) is 17.0 Å². The Kier molecular flexibility index (Phi) is 5.19. The molecule has 0 atom stereocenters. The maximum atomic E-state index is 12.6. The molecule has 7 heteroatoms. The maximum Gasteiger partial charge on any atom is 0.281 e. The van der Waals surface area contributed by atoms with Gasteiger partial charge in [-0.25, -0.2) is 0 Å². The van der Waals surface area contributed by atoms with Crippen LogP contribution < -0.4 is 5.73 Å². The van der Waals surface area contributed by atoms with Crippen molar-refractivity contribution in [1.82, 2.24) is 8.61 Å². The lowest BCUT2D eigenvalue weighted by Crippen LogP contribution is -2.50. The smallest absolute Gasteiger partial charge is 0.281 e. The number of hydrogen-bond acceptors (Lipinski definition) is 4. The van der Waals surface area contributed by atoms with E-state index in [0.717, 1.165) is 25.7 Å². The summed E-state index contributed by atoms with van der Waals surface area (Å²) in [6.45, 7) is 3.15. The van der Waals surface area contributed by atoms with E-state index < -0.39 is 10.2 Å². The van der Waals surface area contributed by atoms with Crippen LogP contribution in [0.1, 0.15) is 25.7 Å². The normalized spacial score (nSPS) is 25.0. The van der Waals surface area contributed by atoms with Crippen LogP contribution in [-0.4, -0.2) is 63.0 Å². The van der Waals surface area contributed by atoms with Crippen LogP contribution in [0.2, 0.25) is 0 Å². The molecule has 0 saturated carbocycles. The van der Waals surface area contributed by atoms with Crippen molar-refractivity contribution in [1.29, 1.82) is 0 Å². The van der Waals surface area contributed by atoms with Crippen molar-refractivity contribution < 1.29 is 13.2 Å². The highest BCUT2D eigenvalue weighted by Crippen LogP contribution is 2.23. The molecule has 2 fully saturated rings. The molecular weight excluding hydrogens is 266 g/mol. The summed E-state index contributed by atoms with van der Waals surface area (Å²) in [5.41, 5.74) is 5.64. The van der Waals surface area contributed by atoms with Gasteiger partial charge in [0, 0.05) is 39.4 Å². The Morgan fingerprint density at radius 1 is 1.21 bits per heavy atom. The highest BCUT2D eigenvalue weighted by molar-refractivity contribution is 7.86. The van der Waals surface area contributed by atoms with Gasteiger partial charge >= 0.3 is 0 Å². The van der Waals surface area contributed by atoms with Crippen LogP contribution in [0.25, 0.3) is 0 Å². The maximum absolute atomic E-state index is 12.6. The average Bonchev–Trinajstić information content (AvgIpc) is 2.47. The third kappa shape index (κ3) is 3.46. The largest absolute Gasteiger partial charge is 0.381 e. The monoisotopic (exact) mass is 291 g/mol. The predicted octanol–water partition coefficient (Wildman–Crippen LogP) is 0.0127. The SMILES string of the molecule is CN(C1CCOCC1)S(=O)(=O)N1CCC(CN)CC1. The molecule has 112 valence electrons. The predicted molar refractivity (Wildman–Crippen MR) is 73.9 cm³/mol. The zero-order chi connectivity index (χ0) is 13.9. The van der Waals surface area contributed by atoms with Gasteiger partial charge in [-0.1, -0.05) is 0 Å². The topological polar surface area (TPSA) is 75.9 Å². The van der Waals surface area contributed by atoms with Gasteiger partial charge in [0.1, 0.15) is 0 Å². The highest BCUT2D eigenvalue weighted by atomic mass is 32.2. The molecule has 2 aliphatic rings. The number of nitrogens with two attached hydrogens (primary N) is 1. The highest BCUT2D eigenvalue weighted by Gasteiger charge is 2.34. The summed E-state index contributed by atoms with van der Waals surface area (Å²) < 4.78 is 33.6. The molecule has 19 heavy (non-hydrogen) atoms. The molecule has 2 aliphatic heterocycles. The van der Waals surface area contributed by atoms with Crippen LogP contribution in [0.3, 0.4) is 0 Å². The van der Waals surface area contributed by atoms with E-state index in [0.29, 0.717) is 38.8 Å². The summed E-state index contributed by atoms with van der Waals surface area (Å²) in [6, 6.07) is 0.0750. The molecule has 0 radical (unpaired) electrons. The zero-order valence-electron chi connectivity index (χ0n) is 11.6. The van der Waals surface area contributed by atoms with Crippen molar-refractivity contribution in [2.75, 3.05) is 39.9 Å². The molecule has 0 aromatic rings. The van der Waals surface area contributed by atoms with Gasteiger partial charge in [0.15, 0.2) is 0 Å².